The number of amides is 1. The molecule has 1 aromatic carbocycles. The lowest BCUT2D eigenvalue weighted by molar-refractivity contribution is -0.125. The number of hydrogen-bond acceptors (Lipinski definition) is 2. The largest absolute Gasteiger partial charge is 0.383 e. The van der Waals surface area contributed by atoms with Crippen LogP contribution in [-0.4, -0.2) is 31.2 Å². The van der Waals surface area contributed by atoms with E-state index in [4.69, 9.17) is 4.74 Å². The van der Waals surface area contributed by atoms with Crippen LogP contribution in [0.4, 0.5) is 0 Å². The van der Waals surface area contributed by atoms with Gasteiger partial charge in [-0.05, 0) is 43.9 Å². The Morgan fingerprint density at radius 3 is 3.14 bits per heavy atom. The molecule has 2 aromatic rings. The van der Waals surface area contributed by atoms with Gasteiger partial charge in [-0.3, -0.25) is 4.79 Å². The molecular formula is C17H22N2O2. The maximum atomic E-state index is 12.2. The van der Waals surface area contributed by atoms with Gasteiger partial charge in [0.25, 0.3) is 0 Å². The van der Waals surface area contributed by atoms with Crippen molar-refractivity contribution < 1.29 is 9.53 Å². The minimum atomic E-state index is 0.0777. The maximum absolute atomic E-state index is 12.2. The third-order valence-corrected chi connectivity index (χ3v) is 4.32. The van der Waals surface area contributed by atoms with Crippen molar-refractivity contribution in [2.45, 2.75) is 26.2 Å². The van der Waals surface area contributed by atoms with E-state index in [2.05, 4.69) is 35.4 Å². The molecule has 0 bridgehead atoms. The number of fused-ring (bicyclic) bond motifs is 3. The number of nitrogens with one attached hydrogen (secondary N) is 2. The second kappa shape index (κ2) is 5.90. The van der Waals surface area contributed by atoms with Gasteiger partial charge in [-0.25, -0.2) is 0 Å². The van der Waals surface area contributed by atoms with Crippen molar-refractivity contribution in [1.82, 2.24) is 10.3 Å². The molecule has 4 heteroatoms. The fraction of sp³-hybridized carbons (Fsp3) is 0.471. The lowest BCUT2D eigenvalue weighted by atomic mass is 9.85. The normalized spacial score (nSPS) is 17.7. The Labute approximate surface area is 124 Å². The first-order valence-corrected chi connectivity index (χ1v) is 7.55. The van der Waals surface area contributed by atoms with E-state index in [1.165, 1.54) is 27.7 Å². The Morgan fingerprint density at radius 1 is 1.48 bits per heavy atom. The predicted octanol–water partition coefficient (Wildman–Crippen LogP) is 2.34. The van der Waals surface area contributed by atoms with Crippen LogP contribution >= 0.6 is 0 Å². The third kappa shape index (κ3) is 2.81. The van der Waals surface area contributed by atoms with Gasteiger partial charge in [0.2, 0.25) is 5.91 Å². The topological polar surface area (TPSA) is 54.1 Å². The van der Waals surface area contributed by atoms with Gasteiger partial charge >= 0.3 is 0 Å². The summed E-state index contributed by atoms with van der Waals surface area (Å²) < 4.78 is 4.97. The molecule has 3 rings (SSSR count). The molecule has 1 aliphatic rings. The van der Waals surface area contributed by atoms with Crippen molar-refractivity contribution in [3.63, 3.8) is 0 Å². The highest BCUT2D eigenvalue weighted by atomic mass is 16.5. The van der Waals surface area contributed by atoms with Gasteiger partial charge in [0, 0.05) is 36.2 Å². The molecule has 0 saturated carbocycles. The van der Waals surface area contributed by atoms with E-state index < -0.39 is 0 Å². The van der Waals surface area contributed by atoms with E-state index in [-0.39, 0.29) is 11.8 Å². The number of benzene rings is 1. The SMILES string of the molecule is COCCNC(=O)C1CCc2[nH]c3ccc(C)cc3c2C1. The lowest BCUT2D eigenvalue weighted by Crippen LogP contribution is -2.35. The summed E-state index contributed by atoms with van der Waals surface area (Å²) in [6.07, 6.45) is 2.70. The Hall–Kier alpha value is -1.81. The van der Waals surface area contributed by atoms with E-state index in [0.29, 0.717) is 13.2 Å². The van der Waals surface area contributed by atoms with Crippen LogP contribution in [0.2, 0.25) is 0 Å². The van der Waals surface area contributed by atoms with Gasteiger partial charge < -0.3 is 15.0 Å². The molecule has 1 heterocycles. The average Bonchev–Trinajstić information content (AvgIpc) is 2.84. The van der Waals surface area contributed by atoms with Crippen LogP contribution in [0.5, 0.6) is 0 Å². The Balaban J connectivity index is 1.79. The number of methoxy groups -OCH3 is 1. The van der Waals surface area contributed by atoms with Gasteiger partial charge in [0.05, 0.1) is 6.61 Å². The van der Waals surface area contributed by atoms with Crippen molar-refractivity contribution in [3.8, 4) is 0 Å². The highest BCUT2D eigenvalue weighted by Gasteiger charge is 2.27. The zero-order chi connectivity index (χ0) is 14.8. The number of aromatic amines is 1. The number of H-pyrrole nitrogens is 1. The highest BCUT2D eigenvalue weighted by molar-refractivity contribution is 5.87. The molecule has 1 atom stereocenters. The van der Waals surface area contributed by atoms with Gasteiger partial charge in [-0.2, -0.15) is 0 Å². The van der Waals surface area contributed by atoms with Gasteiger partial charge in [0.1, 0.15) is 0 Å². The lowest BCUT2D eigenvalue weighted by Gasteiger charge is -2.21. The van der Waals surface area contributed by atoms with Crippen LogP contribution in [0.1, 0.15) is 23.2 Å². The summed E-state index contributed by atoms with van der Waals surface area (Å²) in [6, 6.07) is 6.48. The molecule has 1 amide bonds. The molecule has 0 spiro atoms. The molecule has 4 nitrogen and oxygen atoms in total. The first-order valence-electron chi connectivity index (χ1n) is 7.55. The summed E-state index contributed by atoms with van der Waals surface area (Å²) in [5.41, 5.74) is 5.07. The molecule has 1 unspecified atom stereocenters. The number of hydrogen-bond donors (Lipinski definition) is 2. The number of aryl methyl sites for hydroxylation is 2. The van der Waals surface area contributed by atoms with Gasteiger partial charge in [-0.1, -0.05) is 11.6 Å². The Kier molecular flexibility index (Phi) is 3.97. The minimum Gasteiger partial charge on any atom is -0.383 e. The van der Waals surface area contributed by atoms with Crippen molar-refractivity contribution in [2.75, 3.05) is 20.3 Å². The fourth-order valence-electron chi connectivity index (χ4n) is 3.18. The van der Waals surface area contributed by atoms with Crippen LogP contribution in [-0.2, 0) is 22.4 Å². The second-order valence-electron chi connectivity index (χ2n) is 5.85. The van der Waals surface area contributed by atoms with Crippen LogP contribution in [0.3, 0.4) is 0 Å². The van der Waals surface area contributed by atoms with Gasteiger partial charge in [-0.15, -0.1) is 0 Å². The van der Waals surface area contributed by atoms with E-state index in [1.807, 2.05) is 0 Å². The average molecular weight is 286 g/mol. The fourth-order valence-corrected chi connectivity index (χ4v) is 3.18. The first-order chi connectivity index (χ1) is 10.2. The minimum absolute atomic E-state index is 0.0777. The molecule has 1 aromatic heterocycles. The Morgan fingerprint density at radius 2 is 2.33 bits per heavy atom. The van der Waals surface area contributed by atoms with Crippen LogP contribution in [0.25, 0.3) is 10.9 Å². The molecule has 0 radical (unpaired) electrons. The van der Waals surface area contributed by atoms with E-state index in [9.17, 15) is 4.79 Å². The van der Waals surface area contributed by atoms with Crippen molar-refractivity contribution in [2.24, 2.45) is 5.92 Å². The molecule has 21 heavy (non-hydrogen) atoms. The molecule has 2 N–H and O–H groups in total. The standard InChI is InChI=1S/C17H22N2O2/c1-11-3-5-15-13(9-11)14-10-12(4-6-16(14)19-15)17(20)18-7-8-21-2/h3,5,9,12,19H,4,6-8,10H2,1-2H3,(H,18,20). The number of aromatic nitrogens is 1. The second-order valence-corrected chi connectivity index (χ2v) is 5.85. The van der Waals surface area contributed by atoms with Crippen LogP contribution in [0, 0.1) is 12.8 Å². The zero-order valence-corrected chi connectivity index (χ0v) is 12.7. The van der Waals surface area contributed by atoms with E-state index in [1.54, 1.807) is 7.11 Å². The first kappa shape index (κ1) is 14.1. The molecule has 0 fully saturated rings. The maximum Gasteiger partial charge on any atom is 0.223 e. The quantitative estimate of drug-likeness (QED) is 0.848. The number of carbonyl (C=O) groups is 1. The summed E-state index contributed by atoms with van der Waals surface area (Å²) in [5, 5.41) is 4.24. The third-order valence-electron chi connectivity index (χ3n) is 4.32. The summed E-state index contributed by atoms with van der Waals surface area (Å²) >= 11 is 0. The van der Waals surface area contributed by atoms with Crippen LogP contribution in [0.15, 0.2) is 18.2 Å². The highest BCUT2D eigenvalue weighted by Crippen LogP contribution is 2.32. The summed E-state index contributed by atoms with van der Waals surface area (Å²) in [4.78, 5) is 15.7. The zero-order valence-electron chi connectivity index (χ0n) is 12.7. The van der Waals surface area contributed by atoms with Crippen molar-refractivity contribution in [3.05, 3.63) is 35.0 Å². The monoisotopic (exact) mass is 286 g/mol. The number of carbonyl (C=O) groups excluding carboxylic acids is 1. The van der Waals surface area contributed by atoms with E-state index in [0.717, 1.165) is 19.3 Å². The molecule has 0 saturated heterocycles. The molecule has 1 aliphatic carbocycles. The van der Waals surface area contributed by atoms with Crippen molar-refractivity contribution >= 4 is 16.8 Å². The summed E-state index contributed by atoms with van der Waals surface area (Å²) in [6.45, 7) is 3.26. The molecule has 0 aliphatic heterocycles. The van der Waals surface area contributed by atoms with Crippen LogP contribution < -0.4 is 5.32 Å². The Bertz CT molecular complexity index is 660. The van der Waals surface area contributed by atoms with Crippen molar-refractivity contribution in [1.29, 1.82) is 0 Å². The predicted molar refractivity (Wildman–Crippen MR) is 83.4 cm³/mol. The molecular weight excluding hydrogens is 264 g/mol. The van der Waals surface area contributed by atoms with E-state index >= 15 is 0 Å². The number of ether oxygens (including phenoxy) is 1. The smallest absolute Gasteiger partial charge is 0.223 e. The van der Waals surface area contributed by atoms with Gasteiger partial charge in [0.15, 0.2) is 0 Å². The molecule has 112 valence electrons. The number of rotatable bonds is 4. The summed E-state index contributed by atoms with van der Waals surface area (Å²) in [5.74, 6) is 0.230. The summed E-state index contributed by atoms with van der Waals surface area (Å²) in [7, 11) is 1.65.